The lowest BCUT2D eigenvalue weighted by Crippen LogP contribution is -2.47. The summed E-state index contributed by atoms with van der Waals surface area (Å²) in [5, 5.41) is 0. The van der Waals surface area contributed by atoms with Crippen LogP contribution in [0.4, 0.5) is 4.79 Å². The van der Waals surface area contributed by atoms with Gasteiger partial charge in [-0.15, -0.1) is 0 Å². The van der Waals surface area contributed by atoms with Gasteiger partial charge in [-0.2, -0.15) is 0 Å². The van der Waals surface area contributed by atoms with Gasteiger partial charge < -0.3 is 14.3 Å². The highest BCUT2D eigenvalue weighted by Gasteiger charge is 2.30. The Hall–Kier alpha value is -1.10. The van der Waals surface area contributed by atoms with E-state index in [1.54, 1.807) is 4.90 Å². The number of rotatable bonds is 3. The minimum atomic E-state index is -0.510. The first-order valence-electron chi connectivity index (χ1n) is 5.99. The van der Waals surface area contributed by atoms with E-state index in [0.29, 0.717) is 12.8 Å². The topological polar surface area (TPSA) is 55.8 Å². The van der Waals surface area contributed by atoms with E-state index in [4.69, 9.17) is 9.47 Å². The van der Waals surface area contributed by atoms with Crippen LogP contribution in [0.1, 0.15) is 40.0 Å². The van der Waals surface area contributed by atoms with Crippen molar-refractivity contribution in [1.29, 1.82) is 0 Å². The van der Waals surface area contributed by atoms with Crippen molar-refractivity contribution in [2.75, 3.05) is 13.2 Å². The molecule has 0 aromatic heterocycles. The lowest BCUT2D eigenvalue weighted by atomic mass is 10.1. The van der Waals surface area contributed by atoms with E-state index >= 15 is 0 Å². The molecule has 1 heterocycles. The van der Waals surface area contributed by atoms with Crippen molar-refractivity contribution in [1.82, 2.24) is 4.90 Å². The smallest absolute Gasteiger partial charge is 0.412 e. The zero-order chi connectivity index (χ0) is 12.9. The third kappa shape index (κ3) is 4.73. The van der Waals surface area contributed by atoms with E-state index in [-0.39, 0.29) is 18.9 Å². The normalized spacial score (nSPS) is 21.1. The quantitative estimate of drug-likeness (QED) is 0.711. The van der Waals surface area contributed by atoms with Crippen molar-refractivity contribution in [3.63, 3.8) is 0 Å². The van der Waals surface area contributed by atoms with E-state index < -0.39 is 5.60 Å². The van der Waals surface area contributed by atoms with Gasteiger partial charge >= 0.3 is 6.09 Å². The van der Waals surface area contributed by atoms with Crippen LogP contribution >= 0.6 is 0 Å². The highest BCUT2D eigenvalue weighted by molar-refractivity contribution is 5.68. The molecule has 1 aliphatic heterocycles. The summed E-state index contributed by atoms with van der Waals surface area (Å²) in [4.78, 5) is 23.8. The van der Waals surface area contributed by atoms with Crippen molar-refractivity contribution in [3.8, 4) is 0 Å². The van der Waals surface area contributed by atoms with Crippen molar-refractivity contribution in [2.45, 2.75) is 51.9 Å². The van der Waals surface area contributed by atoms with Gasteiger partial charge in [-0.25, -0.2) is 4.79 Å². The van der Waals surface area contributed by atoms with Crippen molar-refractivity contribution in [3.05, 3.63) is 0 Å². The Bertz CT molecular complexity index is 272. The van der Waals surface area contributed by atoms with Crippen LogP contribution in [0, 0.1) is 0 Å². The van der Waals surface area contributed by atoms with Crippen molar-refractivity contribution in [2.24, 2.45) is 0 Å². The maximum absolute atomic E-state index is 11.9. The molecule has 0 radical (unpaired) electrons. The number of amides is 1. The SMILES string of the molecule is CC(C)(C)OC(=O)N1CCCCC1OCC=O. The van der Waals surface area contributed by atoms with Crippen LogP contribution in [0.5, 0.6) is 0 Å². The predicted octanol–water partition coefficient (Wildman–Crippen LogP) is 1.95. The van der Waals surface area contributed by atoms with Gasteiger partial charge in [-0.1, -0.05) is 0 Å². The Morgan fingerprint density at radius 1 is 1.41 bits per heavy atom. The van der Waals surface area contributed by atoms with Gasteiger partial charge in [0.25, 0.3) is 0 Å². The summed E-state index contributed by atoms with van der Waals surface area (Å²) >= 11 is 0. The molecular formula is C12H21NO4. The van der Waals surface area contributed by atoms with Crippen LogP contribution in [0.2, 0.25) is 0 Å². The zero-order valence-corrected chi connectivity index (χ0v) is 10.8. The van der Waals surface area contributed by atoms with E-state index in [0.717, 1.165) is 19.3 Å². The molecule has 0 saturated carbocycles. The van der Waals surface area contributed by atoms with Crippen LogP contribution in [0.25, 0.3) is 0 Å². The first-order chi connectivity index (χ1) is 7.94. The summed E-state index contributed by atoms with van der Waals surface area (Å²) in [7, 11) is 0. The molecule has 0 aromatic carbocycles. The zero-order valence-electron chi connectivity index (χ0n) is 10.8. The Kier molecular flexibility index (Phi) is 4.93. The summed E-state index contributed by atoms with van der Waals surface area (Å²) in [5.74, 6) is 0. The summed E-state index contributed by atoms with van der Waals surface area (Å²) in [6.07, 6.45) is 2.70. The summed E-state index contributed by atoms with van der Waals surface area (Å²) in [6, 6.07) is 0. The van der Waals surface area contributed by atoms with Crippen LogP contribution in [0.15, 0.2) is 0 Å². The van der Waals surface area contributed by atoms with E-state index in [1.165, 1.54) is 0 Å². The van der Waals surface area contributed by atoms with Crippen LogP contribution in [-0.2, 0) is 14.3 Å². The average molecular weight is 243 g/mol. The van der Waals surface area contributed by atoms with Crippen LogP contribution < -0.4 is 0 Å². The fourth-order valence-corrected chi connectivity index (χ4v) is 1.75. The van der Waals surface area contributed by atoms with Gasteiger partial charge in [0.05, 0.1) is 0 Å². The van der Waals surface area contributed by atoms with Gasteiger partial charge in [0.1, 0.15) is 24.7 Å². The summed E-state index contributed by atoms with van der Waals surface area (Å²) in [6.45, 7) is 6.13. The molecule has 1 rings (SSSR count). The number of hydrogen-bond donors (Lipinski definition) is 0. The molecule has 1 fully saturated rings. The molecule has 0 spiro atoms. The molecule has 1 aliphatic rings. The highest BCUT2D eigenvalue weighted by atomic mass is 16.6. The molecule has 0 N–H and O–H groups in total. The Balaban J connectivity index is 2.57. The second kappa shape index (κ2) is 6.00. The standard InChI is InChI=1S/C12H21NO4/c1-12(2,3)17-11(15)13-7-5-4-6-10(13)16-9-8-14/h8,10H,4-7,9H2,1-3H3. The Morgan fingerprint density at radius 3 is 2.71 bits per heavy atom. The van der Waals surface area contributed by atoms with Gasteiger partial charge in [0, 0.05) is 6.54 Å². The Labute approximate surface area is 102 Å². The second-order valence-corrected chi connectivity index (χ2v) is 5.12. The monoisotopic (exact) mass is 243 g/mol. The largest absolute Gasteiger partial charge is 0.444 e. The molecule has 5 nitrogen and oxygen atoms in total. The maximum atomic E-state index is 11.9. The molecule has 0 aliphatic carbocycles. The van der Waals surface area contributed by atoms with Crippen molar-refractivity contribution < 1.29 is 19.1 Å². The molecule has 5 heteroatoms. The number of carbonyl (C=O) groups excluding carboxylic acids is 2. The number of ether oxygens (including phenoxy) is 2. The Morgan fingerprint density at radius 2 is 2.12 bits per heavy atom. The minimum absolute atomic E-state index is 0.0178. The van der Waals surface area contributed by atoms with Gasteiger partial charge in [-0.3, -0.25) is 4.90 Å². The van der Waals surface area contributed by atoms with E-state index in [2.05, 4.69) is 0 Å². The van der Waals surface area contributed by atoms with Crippen LogP contribution in [-0.4, -0.2) is 42.3 Å². The van der Waals surface area contributed by atoms with Gasteiger partial charge in [-0.05, 0) is 40.0 Å². The molecule has 0 aromatic rings. The molecule has 1 amide bonds. The molecule has 1 unspecified atom stereocenters. The third-order valence-corrected chi connectivity index (χ3v) is 2.43. The van der Waals surface area contributed by atoms with E-state index in [9.17, 15) is 9.59 Å². The molecule has 1 atom stereocenters. The van der Waals surface area contributed by atoms with Crippen LogP contribution in [0.3, 0.4) is 0 Å². The first-order valence-corrected chi connectivity index (χ1v) is 5.99. The fraction of sp³-hybridized carbons (Fsp3) is 0.833. The predicted molar refractivity (Wildman–Crippen MR) is 62.6 cm³/mol. The number of aldehydes is 1. The number of nitrogens with zero attached hydrogens (tertiary/aromatic N) is 1. The van der Waals surface area contributed by atoms with E-state index in [1.807, 2.05) is 20.8 Å². The lowest BCUT2D eigenvalue weighted by molar-refractivity contribution is -0.122. The average Bonchev–Trinajstić information content (AvgIpc) is 2.24. The fourth-order valence-electron chi connectivity index (χ4n) is 1.75. The molecule has 0 bridgehead atoms. The number of carbonyl (C=O) groups is 2. The summed E-state index contributed by atoms with van der Waals surface area (Å²) < 4.78 is 10.6. The van der Waals surface area contributed by atoms with Gasteiger partial charge in [0.15, 0.2) is 0 Å². The number of piperidine rings is 1. The van der Waals surface area contributed by atoms with Gasteiger partial charge in [0.2, 0.25) is 0 Å². The second-order valence-electron chi connectivity index (χ2n) is 5.12. The maximum Gasteiger partial charge on any atom is 0.412 e. The van der Waals surface area contributed by atoms with Crippen molar-refractivity contribution >= 4 is 12.4 Å². The molecule has 98 valence electrons. The third-order valence-electron chi connectivity index (χ3n) is 2.43. The molecular weight excluding hydrogens is 222 g/mol. The molecule has 1 saturated heterocycles. The minimum Gasteiger partial charge on any atom is -0.444 e. The number of likely N-dealkylation sites (tertiary alicyclic amines) is 1. The highest BCUT2D eigenvalue weighted by Crippen LogP contribution is 2.20. The first kappa shape index (κ1) is 14.0. The lowest BCUT2D eigenvalue weighted by Gasteiger charge is -2.36. The number of hydrogen-bond acceptors (Lipinski definition) is 4. The molecule has 17 heavy (non-hydrogen) atoms. The summed E-state index contributed by atoms with van der Waals surface area (Å²) in [5.41, 5.74) is -0.510.